The van der Waals surface area contributed by atoms with E-state index in [0.29, 0.717) is 31.3 Å². The molecule has 11 heteroatoms. The van der Waals surface area contributed by atoms with Crippen LogP contribution >= 0.6 is 0 Å². The molecule has 0 aliphatic carbocycles. The number of halogens is 2. The minimum Gasteiger partial charge on any atom is -0.477 e. The van der Waals surface area contributed by atoms with Crippen LogP contribution in [-0.2, 0) is 13.0 Å². The minimum absolute atomic E-state index is 0.0370. The molecule has 4 aromatic rings. The van der Waals surface area contributed by atoms with Gasteiger partial charge in [-0.3, -0.25) is 4.79 Å². The Morgan fingerprint density at radius 2 is 2.06 bits per heavy atom. The number of hydrogen-bond acceptors (Lipinski definition) is 7. The van der Waals surface area contributed by atoms with Crippen LogP contribution in [0.15, 0.2) is 36.4 Å². The lowest BCUT2D eigenvalue weighted by atomic mass is 10.1. The molecule has 1 aliphatic heterocycles. The molecule has 174 valence electrons. The fourth-order valence-electron chi connectivity index (χ4n) is 3.93. The number of imidazole rings is 1. The van der Waals surface area contributed by atoms with E-state index in [1.54, 1.807) is 12.1 Å². The molecule has 0 bridgehead atoms. The number of nitrogens with zero attached hydrogens (tertiary/aromatic N) is 4. The molecule has 2 aromatic carbocycles. The number of nitrogens with two attached hydrogens (primary N) is 1. The number of methoxy groups -OCH3 is 1. The van der Waals surface area contributed by atoms with Crippen LogP contribution in [0.25, 0.3) is 17.0 Å². The average molecular weight is 466 g/mol. The van der Waals surface area contributed by atoms with E-state index in [9.17, 15) is 13.6 Å². The van der Waals surface area contributed by atoms with Gasteiger partial charge in [0.1, 0.15) is 23.0 Å². The quantitative estimate of drug-likeness (QED) is 0.448. The number of carbonyl (C=O) groups is 1. The number of benzene rings is 2. The van der Waals surface area contributed by atoms with Gasteiger partial charge in [-0.2, -0.15) is 15.0 Å². The van der Waals surface area contributed by atoms with Crippen LogP contribution in [0, 0.1) is 11.6 Å². The van der Waals surface area contributed by atoms with Crippen molar-refractivity contribution in [2.75, 3.05) is 19.0 Å². The maximum Gasteiger partial charge on any atom is 0.304 e. The van der Waals surface area contributed by atoms with Crippen LogP contribution < -0.4 is 20.5 Å². The van der Waals surface area contributed by atoms with E-state index < -0.39 is 11.7 Å². The van der Waals surface area contributed by atoms with Gasteiger partial charge in [-0.1, -0.05) is 12.1 Å². The Labute approximate surface area is 192 Å². The fraction of sp³-hybridized carbons (Fsp3) is 0.217. The molecule has 2 aromatic heterocycles. The molecular formula is C23H20F2N6O3. The van der Waals surface area contributed by atoms with Gasteiger partial charge in [0.25, 0.3) is 5.91 Å². The zero-order valence-corrected chi connectivity index (χ0v) is 18.1. The molecule has 1 aliphatic rings. The summed E-state index contributed by atoms with van der Waals surface area (Å²) in [4.78, 5) is 25.3. The van der Waals surface area contributed by atoms with Crippen molar-refractivity contribution in [2.24, 2.45) is 5.73 Å². The lowest BCUT2D eigenvalue weighted by Crippen LogP contribution is -2.17. The summed E-state index contributed by atoms with van der Waals surface area (Å²) >= 11 is 0. The van der Waals surface area contributed by atoms with Gasteiger partial charge in [0.05, 0.1) is 30.4 Å². The van der Waals surface area contributed by atoms with Crippen LogP contribution in [0.3, 0.4) is 0 Å². The fourth-order valence-corrected chi connectivity index (χ4v) is 3.93. The van der Waals surface area contributed by atoms with Gasteiger partial charge in [-0.05, 0) is 36.6 Å². The third kappa shape index (κ3) is 3.85. The summed E-state index contributed by atoms with van der Waals surface area (Å²) < 4.78 is 40.5. The lowest BCUT2D eigenvalue weighted by molar-refractivity contribution is 0.100. The number of anilines is 1. The number of fused-ring (bicyclic) bond motifs is 2. The van der Waals surface area contributed by atoms with E-state index >= 15 is 0 Å². The zero-order chi connectivity index (χ0) is 23.8. The molecule has 3 heterocycles. The first-order valence-corrected chi connectivity index (χ1v) is 10.5. The molecular weight excluding hydrogens is 446 g/mol. The molecule has 0 fully saturated rings. The highest BCUT2D eigenvalue weighted by Crippen LogP contribution is 2.33. The monoisotopic (exact) mass is 466 g/mol. The highest BCUT2D eigenvalue weighted by Gasteiger charge is 2.25. The average Bonchev–Trinajstić information content (AvgIpc) is 3.20. The summed E-state index contributed by atoms with van der Waals surface area (Å²) in [6.45, 7) is 0.790. The van der Waals surface area contributed by atoms with Crippen molar-refractivity contribution in [1.82, 2.24) is 19.5 Å². The Morgan fingerprint density at radius 3 is 2.82 bits per heavy atom. The standard InChI is InChI=1S/C23H20F2N6O3/c1-33-23-28-18-16(19(26)32)9-14(25)10-17(18)31(23)22-29-20(15-6-3-7-34-21(15)30-22)27-11-12-4-2-5-13(24)8-12/h2,4-5,8-10H,3,6-7,11H2,1H3,(H2,26,32)(H,27,29,30). The highest BCUT2D eigenvalue weighted by atomic mass is 19.1. The zero-order valence-electron chi connectivity index (χ0n) is 18.1. The van der Waals surface area contributed by atoms with E-state index in [2.05, 4.69) is 20.3 Å². The van der Waals surface area contributed by atoms with Crippen LogP contribution in [0.5, 0.6) is 11.9 Å². The number of hydrogen-bond donors (Lipinski definition) is 2. The second kappa shape index (κ2) is 8.58. The first-order valence-electron chi connectivity index (χ1n) is 10.5. The Bertz CT molecular complexity index is 1420. The number of rotatable bonds is 6. The van der Waals surface area contributed by atoms with Gasteiger partial charge in [0.2, 0.25) is 11.8 Å². The van der Waals surface area contributed by atoms with Crippen molar-refractivity contribution in [3.05, 3.63) is 64.7 Å². The molecule has 0 spiro atoms. The largest absolute Gasteiger partial charge is 0.477 e. The molecule has 0 unspecified atom stereocenters. The molecule has 0 saturated heterocycles. The summed E-state index contributed by atoms with van der Waals surface area (Å²) in [7, 11) is 1.38. The van der Waals surface area contributed by atoms with Crippen molar-refractivity contribution in [3.63, 3.8) is 0 Å². The summed E-state index contributed by atoms with van der Waals surface area (Å²) in [5, 5.41) is 3.22. The summed E-state index contributed by atoms with van der Waals surface area (Å²) in [6, 6.07) is 8.47. The van der Waals surface area contributed by atoms with Gasteiger partial charge >= 0.3 is 6.01 Å². The van der Waals surface area contributed by atoms with Crippen LogP contribution in [0.4, 0.5) is 14.6 Å². The molecule has 0 atom stereocenters. The Balaban J connectivity index is 1.65. The first-order chi connectivity index (χ1) is 16.4. The molecule has 9 nitrogen and oxygen atoms in total. The van der Waals surface area contributed by atoms with Crippen molar-refractivity contribution in [3.8, 4) is 17.8 Å². The van der Waals surface area contributed by atoms with Crippen molar-refractivity contribution in [1.29, 1.82) is 0 Å². The number of amides is 1. The highest BCUT2D eigenvalue weighted by molar-refractivity contribution is 6.04. The molecule has 5 rings (SSSR count). The minimum atomic E-state index is -0.830. The van der Waals surface area contributed by atoms with Crippen LogP contribution in [0.2, 0.25) is 0 Å². The Kier molecular flexibility index (Phi) is 5.44. The van der Waals surface area contributed by atoms with Gasteiger partial charge in [0, 0.05) is 12.6 Å². The predicted octanol–water partition coefficient (Wildman–Crippen LogP) is 3.14. The molecule has 34 heavy (non-hydrogen) atoms. The third-order valence-corrected chi connectivity index (χ3v) is 5.46. The topological polar surface area (TPSA) is 117 Å². The smallest absolute Gasteiger partial charge is 0.304 e. The Morgan fingerprint density at radius 1 is 1.21 bits per heavy atom. The van der Waals surface area contributed by atoms with Crippen molar-refractivity contribution in [2.45, 2.75) is 19.4 Å². The van der Waals surface area contributed by atoms with Gasteiger partial charge in [-0.15, -0.1) is 0 Å². The maximum atomic E-state index is 14.4. The van der Waals surface area contributed by atoms with E-state index in [1.165, 1.54) is 29.9 Å². The second-order valence-electron chi connectivity index (χ2n) is 7.71. The number of aromatic nitrogens is 4. The van der Waals surface area contributed by atoms with E-state index in [1.807, 2.05) is 0 Å². The van der Waals surface area contributed by atoms with E-state index in [4.69, 9.17) is 15.2 Å². The molecule has 1 amide bonds. The normalized spacial score (nSPS) is 12.8. The van der Waals surface area contributed by atoms with Gasteiger partial charge in [0.15, 0.2) is 0 Å². The number of ether oxygens (including phenoxy) is 2. The lowest BCUT2D eigenvalue weighted by Gasteiger charge is -2.21. The summed E-state index contributed by atoms with van der Waals surface area (Å²) in [5.41, 5.74) is 7.20. The van der Waals surface area contributed by atoms with E-state index in [0.717, 1.165) is 23.6 Å². The first kappa shape index (κ1) is 21.6. The maximum absolute atomic E-state index is 14.4. The SMILES string of the molecule is COc1nc2c(C(N)=O)cc(F)cc2n1-c1nc(NCc2cccc(F)c2)c2c(n1)OCCC2. The summed E-state index contributed by atoms with van der Waals surface area (Å²) in [6.07, 6.45) is 1.47. The number of carbonyl (C=O) groups excluding carboxylic acids is 1. The second-order valence-corrected chi connectivity index (χ2v) is 7.71. The Hall–Kier alpha value is -4.28. The number of nitrogens with one attached hydrogen (secondary N) is 1. The molecule has 0 radical (unpaired) electrons. The van der Waals surface area contributed by atoms with E-state index in [-0.39, 0.29) is 34.4 Å². The van der Waals surface area contributed by atoms with Crippen molar-refractivity contribution < 1.29 is 23.0 Å². The third-order valence-electron chi connectivity index (χ3n) is 5.46. The van der Waals surface area contributed by atoms with Crippen LogP contribution in [-0.4, -0.2) is 39.1 Å². The molecule has 0 saturated carbocycles. The summed E-state index contributed by atoms with van der Waals surface area (Å²) in [5.74, 6) is -0.891. The predicted molar refractivity (Wildman–Crippen MR) is 119 cm³/mol. The van der Waals surface area contributed by atoms with Gasteiger partial charge < -0.3 is 20.5 Å². The van der Waals surface area contributed by atoms with Crippen LogP contribution in [0.1, 0.15) is 27.9 Å². The van der Waals surface area contributed by atoms with Gasteiger partial charge in [-0.25, -0.2) is 13.3 Å². The molecule has 3 N–H and O–H groups in total. The van der Waals surface area contributed by atoms with Crippen molar-refractivity contribution >= 4 is 22.8 Å². The number of primary amides is 1.